The van der Waals surface area contributed by atoms with Gasteiger partial charge in [-0.05, 0) is 18.2 Å². The summed E-state index contributed by atoms with van der Waals surface area (Å²) >= 11 is 5.96. The monoisotopic (exact) mass is 375 g/mol. The molecule has 1 saturated heterocycles. The first-order chi connectivity index (χ1) is 11.3. The van der Waals surface area contributed by atoms with E-state index >= 15 is 0 Å². The summed E-state index contributed by atoms with van der Waals surface area (Å²) in [6, 6.07) is 5.24. The van der Waals surface area contributed by atoms with Crippen LogP contribution in [0.25, 0.3) is 0 Å². The summed E-state index contributed by atoms with van der Waals surface area (Å²) in [5.74, 6) is 0.658. The molecule has 7 nitrogen and oxygen atoms in total. The Labute approximate surface area is 147 Å². The van der Waals surface area contributed by atoms with Gasteiger partial charge >= 0.3 is 0 Å². The van der Waals surface area contributed by atoms with E-state index in [2.05, 4.69) is 5.32 Å². The minimum atomic E-state index is -3.18. The second kappa shape index (κ2) is 8.04. The van der Waals surface area contributed by atoms with Gasteiger partial charge in [-0.15, -0.1) is 0 Å². The van der Waals surface area contributed by atoms with Crippen LogP contribution in [0, 0.1) is 0 Å². The lowest BCUT2D eigenvalue weighted by atomic mass is 10.2. The minimum absolute atomic E-state index is 0.00311. The summed E-state index contributed by atoms with van der Waals surface area (Å²) in [6.45, 7) is 1.99. The van der Waals surface area contributed by atoms with E-state index in [1.54, 1.807) is 30.2 Å². The number of hydrogen-bond acceptors (Lipinski definition) is 5. The Kier molecular flexibility index (Phi) is 6.31. The van der Waals surface area contributed by atoms with E-state index in [0.717, 1.165) is 5.69 Å². The number of carbonyl (C=O) groups excluding carboxylic acids is 1. The number of nitrogens with zero attached hydrogens (tertiary/aromatic N) is 2. The van der Waals surface area contributed by atoms with Crippen LogP contribution in [0.4, 0.5) is 5.69 Å². The summed E-state index contributed by atoms with van der Waals surface area (Å²) in [6.07, 6.45) is 1.50. The predicted molar refractivity (Wildman–Crippen MR) is 94.1 cm³/mol. The minimum Gasteiger partial charge on any atom is -0.495 e. The van der Waals surface area contributed by atoms with Crippen LogP contribution in [0.3, 0.4) is 0 Å². The molecule has 0 spiro atoms. The molecule has 0 atom stereocenters. The molecule has 1 aliphatic heterocycles. The maximum atomic E-state index is 12.2. The molecule has 1 N–H and O–H groups in total. The van der Waals surface area contributed by atoms with Crippen molar-refractivity contribution >= 4 is 33.2 Å². The summed E-state index contributed by atoms with van der Waals surface area (Å²) in [4.78, 5) is 13.9. The molecule has 0 aliphatic carbocycles. The fraction of sp³-hybridized carbons (Fsp3) is 0.533. The number of hydrogen-bond donors (Lipinski definition) is 1. The maximum absolute atomic E-state index is 12.2. The van der Waals surface area contributed by atoms with Gasteiger partial charge in [-0.1, -0.05) is 11.6 Å². The molecule has 0 aromatic heterocycles. The second-order valence-corrected chi connectivity index (χ2v) is 7.98. The number of sulfonamides is 1. The van der Waals surface area contributed by atoms with E-state index in [1.165, 1.54) is 10.6 Å². The van der Waals surface area contributed by atoms with Gasteiger partial charge in [0.2, 0.25) is 15.9 Å². The van der Waals surface area contributed by atoms with Crippen molar-refractivity contribution in [3.05, 3.63) is 23.2 Å². The molecule has 2 rings (SSSR count). The van der Waals surface area contributed by atoms with Gasteiger partial charge in [0.05, 0.1) is 19.1 Å². The maximum Gasteiger partial charge on any atom is 0.224 e. The van der Waals surface area contributed by atoms with E-state index in [9.17, 15) is 13.2 Å². The average molecular weight is 376 g/mol. The number of carbonyl (C=O) groups is 1. The van der Waals surface area contributed by atoms with Crippen LogP contribution in [0.15, 0.2) is 18.2 Å². The van der Waals surface area contributed by atoms with Gasteiger partial charge in [0.25, 0.3) is 0 Å². The van der Waals surface area contributed by atoms with Crippen molar-refractivity contribution in [3.63, 3.8) is 0 Å². The molecule has 1 aromatic rings. The lowest BCUT2D eigenvalue weighted by Gasteiger charge is -2.33. The van der Waals surface area contributed by atoms with Gasteiger partial charge in [0, 0.05) is 44.2 Å². The van der Waals surface area contributed by atoms with Crippen LogP contribution in [0.1, 0.15) is 6.42 Å². The van der Waals surface area contributed by atoms with Crippen molar-refractivity contribution in [2.45, 2.75) is 6.42 Å². The van der Waals surface area contributed by atoms with Gasteiger partial charge in [-0.25, -0.2) is 8.42 Å². The highest BCUT2D eigenvalue weighted by Gasteiger charge is 2.25. The van der Waals surface area contributed by atoms with E-state index in [1.807, 2.05) is 0 Å². The molecule has 1 aromatic carbocycles. The third kappa shape index (κ3) is 4.99. The van der Waals surface area contributed by atoms with Gasteiger partial charge in [0.15, 0.2) is 0 Å². The van der Waals surface area contributed by atoms with Crippen molar-refractivity contribution in [2.75, 3.05) is 51.4 Å². The quantitative estimate of drug-likeness (QED) is 0.809. The van der Waals surface area contributed by atoms with Crippen molar-refractivity contribution in [3.8, 4) is 5.75 Å². The van der Waals surface area contributed by atoms with Crippen LogP contribution >= 0.6 is 11.6 Å². The Morgan fingerprint density at radius 3 is 2.54 bits per heavy atom. The number of anilines is 1. The summed E-state index contributed by atoms with van der Waals surface area (Å²) < 4.78 is 29.6. The number of nitrogens with one attached hydrogen (secondary N) is 1. The van der Waals surface area contributed by atoms with Crippen molar-refractivity contribution in [2.24, 2.45) is 0 Å². The van der Waals surface area contributed by atoms with Gasteiger partial charge in [0.1, 0.15) is 5.75 Å². The number of methoxy groups -OCH3 is 1. The van der Waals surface area contributed by atoms with Gasteiger partial charge in [-0.2, -0.15) is 4.31 Å². The number of amides is 1. The summed E-state index contributed by atoms with van der Waals surface area (Å²) in [5.41, 5.74) is 0.736. The lowest BCUT2D eigenvalue weighted by Crippen LogP contribution is -2.50. The van der Waals surface area contributed by atoms with Crippen LogP contribution in [0.2, 0.25) is 5.02 Å². The zero-order valence-corrected chi connectivity index (χ0v) is 15.4. The first-order valence-corrected chi connectivity index (χ1v) is 9.84. The Morgan fingerprint density at radius 1 is 1.29 bits per heavy atom. The molecule has 9 heteroatoms. The van der Waals surface area contributed by atoms with Crippen molar-refractivity contribution in [1.29, 1.82) is 0 Å². The Bertz CT molecular complexity index is 688. The fourth-order valence-electron chi connectivity index (χ4n) is 2.55. The molecule has 0 bridgehead atoms. The van der Waals surface area contributed by atoms with Crippen LogP contribution in [0.5, 0.6) is 5.75 Å². The van der Waals surface area contributed by atoms with Gasteiger partial charge in [-0.3, -0.25) is 4.79 Å². The number of rotatable bonds is 6. The molecule has 0 saturated carbocycles. The van der Waals surface area contributed by atoms with E-state index in [0.29, 0.717) is 49.9 Å². The molecule has 24 heavy (non-hydrogen) atoms. The molecule has 0 radical (unpaired) electrons. The number of halogens is 1. The zero-order chi connectivity index (χ0) is 17.7. The standard InChI is InChI=1S/C15H22ClN3O4S/c1-23-14-4-3-12(16)11-13(14)17-6-5-15(20)18-7-9-19(10-8-18)24(2,21)22/h3-4,11,17H,5-10H2,1-2H3. The Hall–Kier alpha value is -1.51. The lowest BCUT2D eigenvalue weighted by molar-refractivity contribution is -0.132. The number of benzene rings is 1. The average Bonchev–Trinajstić information content (AvgIpc) is 2.54. The molecular weight excluding hydrogens is 354 g/mol. The highest BCUT2D eigenvalue weighted by molar-refractivity contribution is 7.88. The highest BCUT2D eigenvalue weighted by atomic mass is 35.5. The van der Waals surface area contributed by atoms with Gasteiger partial charge < -0.3 is 15.0 Å². The third-order valence-corrected chi connectivity index (χ3v) is 5.41. The topological polar surface area (TPSA) is 79.0 Å². The Morgan fingerprint density at radius 2 is 1.96 bits per heavy atom. The van der Waals surface area contributed by atoms with E-state index < -0.39 is 10.0 Å². The van der Waals surface area contributed by atoms with Crippen LogP contribution < -0.4 is 10.1 Å². The predicted octanol–water partition coefficient (Wildman–Crippen LogP) is 1.25. The van der Waals surface area contributed by atoms with Crippen LogP contribution in [-0.2, 0) is 14.8 Å². The van der Waals surface area contributed by atoms with E-state index in [4.69, 9.17) is 16.3 Å². The molecule has 1 fully saturated rings. The molecule has 1 aliphatic rings. The smallest absolute Gasteiger partial charge is 0.224 e. The summed E-state index contributed by atoms with van der Waals surface area (Å²) in [7, 11) is -1.61. The first-order valence-electron chi connectivity index (χ1n) is 7.61. The largest absolute Gasteiger partial charge is 0.495 e. The SMILES string of the molecule is COc1ccc(Cl)cc1NCCC(=O)N1CCN(S(C)(=O)=O)CC1. The van der Waals surface area contributed by atoms with Crippen LogP contribution in [-0.4, -0.2) is 69.6 Å². The summed E-state index contributed by atoms with van der Waals surface area (Å²) in [5, 5.41) is 3.73. The van der Waals surface area contributed by atoms with Crippen molar-refractivity contribution < 1.29 is 17.9 Å². The molecule has 0 unspecified atom stereocenters. The number of piperazine rings is 1. The van der Waals surface area contributed by atoms with E-state index in [-0.39, 0.29) is 5.91 Å². The molecular formula is C15H22ClN3O4S. The first kappa shape index (κ1) is 18.8. The second-order valence-electron chi connectivity index (χ2n) is 5.56. The zero-order valence-electron chi connectivity index (χ0n) is 13.8. The number of ether oxygens (including phenoxy) is 1. The normalized spacial score (nSPS) is 16.0. The highest BCUT2D eigenvalue weighted by Crippen LogP contribution is 2.27. The Balaban J connectivity index is 1.81. The molecule has 1 amide bonds. The molecule has 1 heterocycles. The molecule has 134 valence electrons. The van der Waals surface area contributed by atoms with Crippen molar-refractivity contribution in [1.82, 2.24) is 9.21 Å². The third-order valence-electron chi connectivity index (χ3n) is 3.88. The fourth-order valence-corrected chi connectivity index (χ4v) is 3.55.